The zero-order chi connectivity index (χ0) is 14.2. The van der Waals surface area contributed by atoms with Crippen molar-refractivity contribution in [3.8, 4) is 0 Å². The molecule has 19 heavy (non-hydrogen) atoms. The Kier molecular flexibility index (Phi) is 3.45. The smallest absolute Gasteiger partial charge is 0.259 e. The Hall–Kier alpha value is -1.69. The van der Waals surface area contributed by atoms with Gasteiger partial charge in [0.2, 0.25) is 0 Å². The molecule has 0 unspecified atom stereocenters. The molecule has 1 saturated heterocycles. The van der Waals surface area contributed by atoms with Gasteiger partial charge in [0.1, 0.15) is 11.4 Å². The second kappa shape index (κ2) is 4.77. The van der Waals surface area contributed by atoms with E-state index >= 15 is 0 Å². The molecule has 1 aliphatic heterocycles. The highest BCUT2D eigenvalue weighted by atomic mass is 19.1. The summed E-state index contributed by atoms with van der Waals surface area (Å²) < 4.78 is 27.4. The standard InChI is InChI=1S/C13H16F2N2O2/c1-13(19)4-6-17(7-5-13)12(18)10-8(14)2-3-9(16)11(10)15/h2-3,19H,4-7,16H2,1H3. The van der Waals surface area contributed by atoms with Gasteiger partial charge in [-0.2, -0.15) is 0 Å². The molecule has 1 aromatic carbocycles. The van der Waals surface area contributed by atoms with E-state index in [2.05, 4.69) is 0 Å². The average molecular weight is 270 g/mol. The Balaban J connectivity index is 2.24. The first-order valence-electron chi connectivity index (χ1n) is 6.07. The molecule has 0 spiro atoms. The van der Waals surface area contributed by atoms with Crippen LogP contribution in [0.1, 0.15) is 30.1 Å². The summed E-state index contributed by atoms with van der Waals surface area (Å²) in [5.74, 6) is -2.67. The molecule has 1 aliphatic rings. The van der Waals surface area contributed by atoms with Crippen molar-refractivity contribution in [1.29, 1.82) is 0 Å². The fourth-order valence-corrected chi connectivity index (χ4v) is 2.11. The zero-order valence-electron chi connectivity index (χ0n) is 10.6. The van der Waals surface area contributed by atoms with Gasteiger partial charge in [-0.05, 0) is 31.9 Å². The maximum Gasteiger partial charge on any atom is 0.259 e. The van der Waals surface area contributed by atoms with Crippen LogP contribution in [0.5, 0.6) is 0 Å². The van der Waals surface area contributed by atoms with Crippen molar-refractivity contribution in [2.24, 2.45) is 0 Å². The molecule has 0 radical (unpaired) electrons. The highest BCUT2D eigenvalue weighted by Gasteiger charge is 2.32. The van der Waals surface area contributed by atoms with Crippen LogP contribution in [0, 0.1) is 11.6 Å². The molecule has 0 aliphatic carbocycles. The topological polar surface area (TPSA) is 66.6 Å². The lowest BCUT2D eigenvalue weighted by Gasteiger charge is -2.35. The van der Waals surface area contributed by atoms with Gasteiger partial charge in [0.15, 0.2) is 5.82 Å². The molecule has 1 heterocycles. The van der Waals surface area contributed by atoms with Gasteiger partial charge in [0.05, 0.1) is 11.3 Å². The third-order valence-electron chi connectivity index (χ3n) is 3.46. The van der Waals surface area contributed by atoms with Crippen molar-refractivity contribution in [3.05, 3.63) is 29.3 Å². The maximum absolute atomic E-state index is 13.8. The summed E-state index contributed by atoms with van der Waals surface area (Å²) in [5.41, 5.74) is 3.64. The quantitative estimate of drug-likeness (QED) is 0.761. The summed E-state index contributed by atoms with van der Waals surface area (Å²) in [7, 11) is 0. The molecule has 2 rings (SSSR count). The SMILES string of the molecule is CC1(O)CCN(C(=O)c2c(F)ccc(N)c2F)CC1. The van der Waals surface area contributed by atoms with Gasteiger partial charge in [-0.3, -0.25) is 4.79 Å². The number of benzene rings is 1. The molecule has 0 saturated carbocycles. The highest BCUT2D eigenvalue weighted by molar-refractivity contribution is 5.95. The molecule has 104 valence electrons. The Bertz CT molecular complexity index is 508. The molecule has 1 amide bonds. The van der Waals surface area contributed by atoms with E-state index in [4.69, 9.17) is 5.73 Å². The minimum absolute atomic E-state index is 0.256. The molecule has 3 N–H and O–H groups in total. The van der Waals surface area contributed by atoms with Crippen LogP contribution in [0.4, 0.5) is 14.5 Å². The number of rotatable bonds is 1. The van der Waals surface area contributed by atoms with Gasteiger partial charge in [0.25, 0.3) is 5.91 Å². The average Bonchev–Trinajstić information content (AvgIpc) is 2.34. The predicted octanol–water partition coefficient (Wildman–Crippen LogP) is 1.53. The van der Waals surface area contributed by atoms with Crippen LogP contribution in [0.2, 0.25) is 0 Å². The van der Waals surface area contributed by atoms with Crippen molar-refractivity contribution >= 4 is 11.6 Å². The lowest BCUT2D eigenvalue weighted by atomic mass is 9.93. The van der Waals surface area contributed by atoms with Gasteiger partial charge in [-0.1, -0.05) is 0 Å². The van der Waals surface area contributed by atoms with Crippen LogP contribution in [-0.4, -0.2) is 34.6 Å². The molecular weight excluding hydrogens is 254 g/mol. The van der Waals surface area contributed by atoms with Gasteiger partial charge in [0, 0.05) is 13.1 Å². The van der Waals surface area contributed by atoms with Crippen LogP contribution >= 0.6 is 0 Å². The number of hydrogen-bond acceptors (Lipinski definition) is 3. The summed E-state index contributed by atoms with van der Waals surface area (Å²) >= 11 is 0. The molecule has 0 aromatic heterocycles. The van der Waals surface area contributed by atoms with Crippen LogP contribution in [0.15, 0.2) is 12.1 Å². The van der Waals surface area contributed by atoms with E-state index in [1.807, 2.05) is 0 Å². The van der Waals surface area contributed by atoms with Crippen molar-refractivity contribution in [2.45, 2.75) is 25.4 Å². The van der Waals surface area contributed by atoms with Crippen molar-refractivity contribution in [3.63, 3.8) is 0 Å². The molecule has 4 nitrogen and oxygen atoms in total. The van der Waals surface area contributed by atoms with Gasteiger partial charge < -0.3 is 15.7 Å². The van der Waals surface area contributed by atoms with Gasteiger partial charge >= 0.3 is 0 Å². The second-order valence-electron chi connectivity index (χ2n) is 5.11. The number of nitrogens with two attached hydrogens (primary N) is 1. The number of carbonyl (C=O) groups excluding carboxylic acids is 1. The first-order valence-corrected chi connectivity index (χ1v) is 6.07. The minimum Gasteiger partial charge on any atom is -0.396 e. The lowest BCUT2D eigenvalue weighted by Crippen LogP contribution is -2.45. The van der Waals surface area contributed by atoms with Crippen LogP contribution < -0.4 is 5.73 Å². The number of halogens is 2. The first kappa shape index (κ1) is 13.7. The Labute approximate surface area is 109 Å². The number of piperidine rings is 1. The first-order chi connectivity index (χ1) is 8.82. The zero-order valence-corrected chi connectivity index (χ0v) is 10.6. The van der Waals surface area contributed by atoms with Crippen LogP contribution in [0.25, 0.3) is 0 Å². The van der Waals surface area contributed by atoms with E-state index in [0.29, 0.717) is 12.8 Å². The maximum atomic E-state index is 13.8. The number of likely N-dealkylation sites (tertiary alicyclic amines) is 1. The Morgan fingerprint density at radius 1 is 1.37 bits per heavy atom. The summed E-state index contributed by atoms with van der Waals surface area (Å²) in [6.07, 6.45) is 0.759. The van der Waals surface area contributed by atoms with Crippen LogP contribution in [0.3, 0.4) is 0 Å². The predicted molar refractivity (Wildman–Crippen MR) is 66.5 cm³/mol. The summed E-state index contributed by atoms with van der Waals surface area (Å²) in [6, 6.07) is 2.06. The number of amides is 1. The van der Waals surface area contributed by atoms with Gasteiger partial charge in [-0.15, -0.1) is 0 Å². The normalized spacial score (nSPS) is 18.4. The van der Waals surface area contributed by atoms with E-state index in [1.165, 1.54) is 4.90 Å². The number of nitrogen functional groups attached to an aromatic ring is 1. The Morgan fingerprint density at radius 3 is 2.53 bits per heavy atom. The fraction of sp³-hybridized carbons (Fsp3) is 0.462. The van der Waals surface area contributed by atoms with Crippen molar-refractivity contribution < 1.29 is 18.7 Å². The summed E-state index contributed by atoms with van der Waals surface area (Å²) in [4.78, 5) is 13.4. The molecule has 1 fully saturated rings. The molecular formula is C13H16F2N2O2. The van der Waals surface area contributed by atoms with Crippen molar-refractivity contribution in [2.75, 3.05) is 18.8 Å². The minimum atomic E-state index is -1.03. The number of nitrogens with zero attached hydrogens (tertiary/aromatic N) is 1. The second-order valence-corrected chi connectivity index (χ2v) is 5.11. The molecule has 1 aromatic rings. The lowest BCUT2D eigenvalue weighted by molar-refractivity contribution is -0.00225. The highest BCUT2D eigenvalue weighted by Crippen LogP contribution is 2.25. The summed E-state index contributed by atoms with van der Waals surface area (Å²) in [5, 5.41) is 9.79. The number of aliphatic hydroxyl groups is 1. The molecule has 0 atom stereocenters. The third kappa shape index (κ3) is 2.68. The summed E-state index contributed by atoms with van der Waals surface area (Å²) in [6.45, 7) is 2.20. The fourth-order valence-electron chi connectivity index (χ4n) is 2.11. The van der Waals surface area contributed by atoms with E-state index in [9.17, 15) is 18.7 Å². The van der Waals surface area contributed by atoms with Gasteiger partial charge in [-0.25, -0.2) is 8.78 Å². The number of anilines is 1. The molecule has 0 bridgehead atoms. The van der Waals surface area contributed by atoms with E-state index in [1.54, 1.807) is 6.92 Å². The number of carbonyl (C=O) groups is 1. The van der Waals surface area contributed by atoms with Crippen molar-refractivity contribution in [1.82, 2.24) is 4.90 Å². The van der Waals surface area contributed by atoms with E-state index in [-0.39, 0.29) is 18.8 Å². The van der Waals surface area contributed by atoms with Crippen LogP contribution in [-0.2, 0) is 0 Å². The Morgan fingerprint density at radius 2 is 1.95 bits per heavy atom. The largest absolute Gasteiger partial charge is 0.396 e. The monoisotopic (exact) mass is 270 g/mol. The third-order valence-corrected chi connectivity index (χ3v) is 3.46. The van der Waals surface area contributed by atoms with E-state index < -0.39 is 28.7 Å². The van der Waals surface area contributed by atoms with E-state index in [0.717, 1.165) is 12.1 Å². The number of hydrogen-bond donors (Lipinski definition) is 2. The molecule has 6 heteroatoms.